The molecule has 4 rings (SSSR count). The number of amides is 2. The third-order valence-electron chi connectivity index (χ3n) is 6.32. The lowest BCUT2D eigenvalue weighted by Crippen LogP contribution is -2.52. The molecule has 3 heterocycles. The minimum Gasteiger partial charge on any atom is -0.465 e. The molecule has 1 aromatic carbocycles. The number of rotatable bonds is 8. The number of alkyl halides is 3. The SMILES string of the molecule is Cc1nc(NC(=O)O)sc1S(=O)(=O)N1CCN(CC(C)NC(=O)c2cccc(-c3cn(C)nc3C(F)(F)F)c2)CC1. The van der Waals surface area contributed by atoms with Crippen molar-refractivity contribution < 1.29 is 36.3 Å². The summed E-state index contributed by atoms with van der Waals surface area (Å²) < 4.78 is 68.9. The van der Waals surface area contributed by atoms with Gasteiger partial charge in [-0.05, 0) is 31.5 Å². The highest BCUT2D eigenvalue weighted by molar-refractivity contribution is 7.91. The van der Waals surface area contributed by atoms with Gasteiger partial charge in [0.25, 0.3) is 15.9 Å². The van der Waals surface area contributed by atoms with Crippen LogP contribution in [0.2, 0.25) is 0 Å². The fourth-order valence-electron chi connectivity index (χ4n) is 4.51. The van der Waals surface area contributed by atoms with Crippen molar-refractivity contribution in [1.29, 1.82) is 0 Å². The molecule has 0 aliphatic carbocycles. The molecule has 1 atom stereocenters. The molecule has 0 radical (unpaired) electrons. The number of hydrogen-bond acceptors (Lipinski definition) is 8. The maximum absolute atomic E-state index is 13.4. The largest absolute Gasteiger partial charge is 0.465 e. The third kappa shape index (κ3) is 7.03. The number of aryl methyl sites for hydroxylation is 2. The smallest absolute Gasteiger partial charge is 0.435 e. The predicted molar refractivity (Wildman–Crippen MR) is 144 cm³/mol. The van der Waals surface area contributed by atoms with Gasteiger partial charge in [-0.1, -0.05) is 23.5 Å². The number of piperazine rings is 1. The Labute approximate surface area is 237 Å². The molecule has 1 aliphatic rings. The molecule has 12 nitrogen and oxygen atoms in total. The van der Waals surface area contributed by atoms with Crippen LogP contribution in [0.3, 0.4) is 0 Å². The molecule has 0 saturated carbocycles. The normalized spacial score (nSPS) is 16.0. The summed E-state index contributed by atoms with van der Waals surface area (Å²) in [5.74, 6) is -0.454. The van der Waals surface area contributed by atoms with Gasteiger partial charge in [0, 0.05) is 63.1 Å². The summed E-state index contributed by atoms with van der Waals surface area (Å²) in [5, 5.41) is 17.3. The van der Waals surface area contributed by atoms with Gasteiger partial charge in [-0.3, -0.25) is 19.7 Å². The second-order valence-corrected chi connectivity index (χ2v) is 12.7. The van der Waals surface area contributed by atoms with Gasteiger partial charge in [-0.25, -0.2) is 18.2 Å². The molecule has 3 N–H and O–H groups in total. The molecule has 222 valence electrons. The maximum Gasteiger partial charge on any atom is 0.435 e. The average Bonchev–Trinajstić information content (AvgIpc) is 3.46. The fourth-order valence-corrected chi connectivity index (χ4v) is 7.48. The number of nitrogens with zero attached hydrogens (tertiary/aromatic N) is 5. The molecule has 2 amide bonds. The first-order chi connectivity index (χ1) is 19.1. The Morgan fingerprint density at radius 2 is 1.88 bits per heavy atom. The van der Waals surface area contributed by atoms with Crippen molar-refractivity contribution in [2.75, 3.05) is 38.0 Å². The maximum atomic E-state index is 13.4. The number of anilines is 1. The number of carbonyl (C=O) groups excluding carboxylic acids is 1. The second-order valence-electron chi connectivity index (χ2n) is 9.54. The van der Waals surface area contributed by atoms with E-state index in [1.807, 2.05) is 4.90 Å². The number of benzene rings is 1. The van der Waals surface area contributed by atoms with Gasteiger partial charge < -0.3 is 10.4 Å². The van der Waals surface area contributed by atoms with Gasteiger partial charge in [0.1, 0.15) is 0 Å². The van der Waals surface area contributed by atoms with Gasteiger partial charge in [0.05, 0.1) is 5.69 Å². The number of aromatic nitrogens is 3. The van der Waals surface area contributed by atoms with Crippen LogP contribution in [0.1, 0.15) is 28.7 Å². The molecule has 2 aromatic heterocycles. The molecule has 17 heteroatoms. The Hall–Kier alpha value is -3.54. The van der Waals surface area contributed by atoms with Gasteiger partial charge in [0.2, 0.25) is 0 Å². The molecule has 0 spiro atoms. The van der Waals surface area contributed by atoms with Gasteiger partial charge >= 0.3 is 12.3 Å². The van der Waals surface area contributed by atoms with E-state index >= 15 is 0 Å². The van der Waals surface area contributed by atoms with Crippen molar-refractivity contribution in [3.05, 3.63) is 47.4 Å². The van der Waals surface area contributed by atoms with E-state index < -0.39 is 33.9 Å². The lowest BCUT2D eigenvalue weighted by molar-refractivity contribution is -0.141. The third-order valence-corrected chi connectivity index (χ3v) is 9.87. The molecular formula is C24H28F3N7O5S2. The summed E-state index contributed by atoms with van der Waals surface area (Å²) in [5.41, 5.74) is -0.544. The quantitative estimate of drug-likeness (QED) is 0.350. The minimum atomic E-state index is -4.65. The van der Waals surface area contributed by atoms with E-state index in [1.165, 1.54) is 48.7 Å². The van der Waals surface area contributed by atoms with Crippen molar-refractivity contribution in [2.45, 2.75) is 30.3 Å². The van der Waals surface area contributed by atoms with Crippen molar-refractivity contribution >= 4 is 38.5 Å². The Kier molecular flexibility index (Phi) is 8.72. The van der Waals surface area contributed by atoms with E-state index in [-0.39, 0.29) is 50.9 Å². The number of carboxylic acid groups (broad SMARTS) is 1. The van der Waals surface area contributed by atoms with E-state index in [2.05, 4.69) is 20.7 Å². The Morgan fingerprint density at radius 3 is 2.51 bits per heavy atom. The molecule has 3 aromatic rings. The predicted octanol–water partition coefficient (Wildman–Crippen LogP) is 3.09. The topological polar surface area (TPSA) is 150 Å². The van der Waals surface area contributed by atoms with Gasteiger partial charge in [0.15, 0.2) is 15.0 Å². The van der Waals surface area contributed by atoms with Crippen LogP contribution in [0.25, 0.3) is 11.1 Å². The van der Waals surface area contributed by atoms with Crippen molar-refractivity contribution in [1.82, 2.24) is 29.3 Å². The highest BCUT2D eigenvalue weighted by atomic mass is 32.2. The highest BCUT2D eigenvalue weighted by Gasteiger charge is 2.37. The van der Waals surface area contributed by atoms with Crippen molar-refractivity contribution in [2.24, 2.45) is 7.05 Å². The summed E-state index contributed by atoms with van der Waals surface area (Å²) in [6.45, 7) is 4.88. The summed E-state index contributed by atoms with van der Waals surface area (Å²) >= 11 is 0.753. The zero-order valence-electron chi connectivity index (χ0n) is 22.3. The molecule has 1 unspecified atom stereocenters. The lowest BCUT2D eigenvalue weighted by atomic mass is 10.0. The zero-order valence-corrected chi connectivity index (χ0v) is 23.9. The van der Waals surface area contributed by atoms with E-state index in [0.29, 0.717) is 19.6 Å². The van der Waals surface area contributed by atoms with Crippen LogP contribution in [-0.2, 0) is 23.2 Å². The summed E-state index contributed by atoms with van der Waals surface area (Å²) in [7, 11) is -2.48. The molecule has 1 fully saturated rings. The monoisotopic (exact) mass is 615 g/mol. The average molecular weight is 616 g/mol. The van der Waals surface area contributed by atoms with E-state index in [9.17, 15) is 31.2 Å². The second kappa shape index (κ2) is 11.8. The molecule has 1 aliphatic heterocycles. The van der Waals surface area contributed by atoms with Crippen LogP contribution < -0.4 is 10.6 Å². The molecule has 1 saturated heterocycles. The number of sulfonamides is 1. The van der Waals surface area contributed by atoms with Crippen LogP contribution in [0.5, 0.6) is 0 Å². The molecule has 0 bridgehead atoms. The van der Waals surface area contributed by atoms with Crippen LogP contribution in [-0.4, -0.2) is 88.3 Å². The Bertz CT molecular complexity index is 1550. The lowest BCUT2D eigenvalue weighted by Gasteiger charge is -2.35. The van der Waals surface area contributed by atoms with Crippen LogP contribution in [0.15, 0.2) is 34.7 Å². The van der Waals surface area contributed by atoms with E-state index in [0.717, 1.165) is 16.0 Å². The van der Waals surface area contributed by atoms with E-state index in [4.69, 9.17) is 5.11 Å². The van der Waals surface area contributed by atoms with Crippen LogP contribution in [0.4, 0.5) is 23.1 Å². The first kappa shape index (κ1) is 30.4. The first-order valence-corrected chi connectivity index (χ1v) is 14.6. The summed E-state index contributed by atoms with van der Waals surface area (Å²) in [4.78, 5) is 29.7. The minimum absolute atomic E-state index is 0.0220. The zero-order chi connectivity index (χ0) is 30.1. The van der Waals surface area contributed by atoms with Crippen LogP contribution in [0, 0.1) is 6.92 Å². The summed E-state index contributed by atoms with van der Waals surface area (Å²) in [6.07, 6.45) is -4.73. The fraction of sp³-hybridized carbons (Fsp3) is 0.417. The van der Waals surface area contributed by atoms with E-state index in [1.54, 1.807) is 6.92 Å². The number of hydrogen-bond donors (Lipinski definition) is 3. The number of halogens is 3. The van der Waals surface area contributed by atoms with Crippen molar-refractivity contribution in [3.63, 3.8) is 0 Å². The number of carbonyl (C=O) groups is 2. The first-order valence-electron chi connectivity index (χ1n) is 12.4. The summed E-state index contributed by atoms with van der Waals surface area (Å²) in [6, 6.07) is 5.55. The number of nitrogens with one attached hydrogen (secondary N) is 2. The molecular weight excluding hydrogens is 587 g/mol. The number of thiazole rings is 1. The molecule has 41 heavy (non-hydrogen) atoms. The van der Waals surface area contributed by atoms with Crippen molar-refractivity contribution in [3.8, 4) is 11.1 Å². The van der Waals surface area contributed by atoms with Crippen LogP contribution >= 0.6 is 11.3 Å². The standard InChI is InChI=1S/C24H28F3N7O5S2/c1-14(28-20(35)17-6-4-5-16(11-17)18-13-32(3)31-19(18)24(25,26)27)12-33-7-9-34(10-8-33)41(38,39)21-15(2)29-22(40-21)30-23(36)37/h4-6,11,13-14H,7-10,12H2,1-3H3,(H,28,35)(H,29,30)(H,36,37). The highest BCUT2D eigenvalue weighted by Crippen LogP contribution is 2.36. The Balaban J connectivity index is 1.35. The van der Waals surface area contributed by atoms with Gasteiger partial charge in [-0.15, -0.1) is 0 Å². The van der Waals surface area contributed by atoms with Gasteiger partial charge in [-0.2, -0.15) is 22.6 Å². The Morgan fingerprint density at radius 1 is 1.20 bits per heavy atom.